The van der Waals surface area contributed by atoms with Crippen LogP contribution in [0.2, 0.25) is 0 Å². The molecule has 7 heteroatoms. The van der Waals surface area contributed by atoms with E-state index in [-0.39, 0.29) is 23.7 Å². The van der Waals surface area contributed by atoms with Gasteiger partial charge in [0.15, 0.2) is 0 Å². The van der Waals surface area contributed by atoms with E-state index in [4.69, 9.17) is 14.2 Å². The van der Waals surface area contributed by atoms with Gasteiger partial charge in [-0.25, -0.2) is 9.59 Å². The molecule has 0 saturated carbocycles. The Labute approximate surface area is 180 Å². The van der Waals surface area contributed by atoms with Crippen LogP contribution in [0.1, 0.15) is 29.8 Å². The molecule has 1 aliphatic heterocycles. The summed E-state index contributed by atoms with van der Waals surface area (Å²) in [5, 5.41) is 0. The first-order valence-electron chi connectivity index (χ1n) is 9.68. The molecule has 0 aliphatic carbocycles. The number of nitrogens with zero attached hydrogens (tertiary/aromatic N) is 1. The molecule has 0 saturated heterocycles. The van der Waals surface area contributed by atoms with Gasteiger partial charge in [-0.1, -0.05) is 18.2 Å². The van der Waals surface area contributed by atoms with Gasteiger partial charge in [0.25, 0.3) is 5.91 Å². The zero-order valence-electron chi connectivity index (χ0n) is 17.8. The Morgan fingerprint density at radius 1 is 1.03 bits per heavy atom. The van der Waals surface area contributed by atoms with Crippen LogP contribution in [0, 0.1) is 0 Å². The molecule has 0 atom stereocenters. The molecule has 0 aromatic heterocycles. The Morgan fingerprint density at radius 2 is 1.74 bits per heavy atom. The standard InChI is InChI=1S/C24H23NO6/c1-5-31-23(27)17-11-9-16(10-12-17)13-20-21(24(28)30-4)15(2)25(22(20)26)18-7-6-8-19(14-18)29-3/h6-14H,5H2,1-4H3/b20-13-. The van der Waals surface area contributed by atoms with E-state index in [1.165, 1.54) is 12.0 Å². The van der Waals surface area contributed by atoms with Gasteiger partial charge in [-0.2, -0.15) is 0 Å². The Hall–Kier alpha value is -3.87. The summed E-state index contributed by atoms with van der Waals surface area (Å²) < 4.78 is 15.2. The smallest absolute Gasteiger partial charge is 0.340 e. The molecule has 0 radical (unpaired) electrons. The first-order valence-corrected chi connectivity index (χ1v) is 9.68. The van der Waals surface area contributed by atoms with Crippen molar-refractivity contribution in [2.24, 2.45) is 0 Å². The average Bonchev–Trinajstić information content (AvgIpc) is 3.03. The zero-order chi connectivity index (χ0) is 22.5. The molecule has 0 unspecified atom stereocenters. The molecule has 2 aromatic carbocycles. The molecule has 2 aromatic rings. The minimum atomic E-state index is -0.606. The molecule has 0 spiro atoms. The molecule has 0 fully saturated rings. The van der Waals surface area contributed by atoms with Crippen LogP contribution < -0.4 is 9.64 Å². The fourth-order valence-corrected chi connectivity index (χ4v) is 3.34. The molecule has 31 heavy (non-hydrogen) atoms. The highest BCUT2D eigenvalue weighted by molar-refractivity contribution is 6.23. The second kappa shape index (κ2) is 9.30. The molecule has 1 amide bonds. The Bertz CT molecular complexity index is 1080. The summed E-state index contributed by atoms with van der Waals surface area (Å²) in [7, 11) is 2.81. The van der Waals surface area contributed by atoms with Crippen molar-refractivity contribution >= 4 is 29.6 Å². The van der Waals surface area contributed by atoms with E-state index in [0.717, 1.165) is 0 Å². The van der Waals surface area contributed by atoms with Gasteiger partial charge in [0, 0.05) is 11.8 Å². The normalized spacial score (nSPS) is 14.8. The Balaban J connectivity index is 2.03. The number of allylic oxidation sites excluding steroid dienone is 1. The lowest BCUT2D eigenvalue weighted by atomic mass is 10.0. The third kappa shape index (κ3) is 4.35. The van der Waals surface area contributed by atoms with Crippen molar-refractivity contribution in [1.82, 2.24) is 0 Å². The summed E-state index contributed by atoms with van der Waals surface area (Å²) in [5.74, 6) is -0.801. The average molecular weight is 421 g/mol. The first kappa shape index (κ1) is 21.8. The number of amides is 1. The molecular formula is C24H23NO6. The van der Waals surface area contributed by atoms with Gasteiger partial charge in [0.1, 0.15) is 5.75 Å². The summed E-state index contributed by atoms with van der Waals surface area (Å²) >= 11 is 0. The number of carbonyl (C=O) groups is 3. The maximum Gasteiger partial charge on any atom is 0.340 e. The van der Waals surface area contributed by atoms with Gasteiger partial charge in [-0.3, -0.25) is 9.69 Å². The zero-order valence-corrected chi connectivity index (χ0v) is 17.8. The number of benzene rings is 2. The minimum absolute atomic E-state index is 0.185. The van der Waals surface area contributed by atoms with Gasteiger partial charge in [0.2, 0.25) is 0 Å². The fraction of sp³-hybridized carbons (Fsp3) is 0.208. The number of esters is 2. The van der Waals surface area contributed by atoms with E-state index in [9.17, 15) is 14.4 Å². The molecule has 0 N–H and O–H groups in total. The van der Waals surface area contributed by atoms with Crippen molar-refractivity contribution in [1.29, 1.82) is 0 Å². The summed E-state index contributed by atoms with van der Waals surface area (Å²) in [4.78, 5) is 39.1. The molecule has 1 aliphatic rings. The number of hydrogen-bond acceptors (Lipinski definition) is 6. The second-order valence-electron chi connectivity index (χ2n) is 6.69. The van der Waals surface area contributed by atoms with Gasteiger partial charge < -0.3 is 14.2 Å². The van der Waals surface area contributed by atoms with E-state index < -0.39 is 11.9 Å². The lowest BCUT2D eigenvalue weighted by Crippen LogP contribution is -2.24. The molecule has 7 nitrogen and oxygen atoms in total. The molecule has 1 heterocycles. The highest BCUT2D eigenvalue weighted by atomic mass is 16.5. The lowest BCUT2D eigenvalue weighted by molar-refractivity contribution is -0.136. The van der Waals surface area contributed by atoms with Crippen molar-refractivity contribution in [2.45, 2.75) is 13.8 Å². The number of methoxy groups -OCH3 is 2. The van der Waals surface area contributed by atoms with Gasteiger partial charge in [-0.05, 0) is 49.8 Å². The number of anilines is 1. The molecular weight excluding hydrogens is 398 g/mol. The molecule has 3 rings (SSSR count). The monoisotopic (exact) mass is 421 g/mol. The summed E-state index contributed by atoms with van der Waals surface area (Å²) in [6, 6.07) is 13.6. The van der Waals surface area contributed by atoms with Crippen molar-refractivity contribution in [3.63, 3.8) is 0 Å². The van der Waals surface area contributed by atoms with Crippen molar-refractivity contribution < 1.29 is 28.6 Å². The number of rotatable bonds is 6. The van der Waals surface area contributed by atoms with E-state index >= 15 is 0 Å². The maximum absolute atomic E-state index is 13.3. The third-order valence-electron chi connectivity index (χ3n) is 4.83. The van der Waals surface area contributed by atoms with Crippen LogP contribution in [-0.2, 0) is 19.1 Å². The minimum Gasteiger partial charge on any atom is -0.497 e. The first-order chi connectivity index (χ1) is 14.9. The van der Waals surface area contributed by atoms with Crippen LogP contribution in [0.3, 0.4) is 0 Å². The summed E-state index contributed by atoms with van der Waals surface area (Å²) in [6.45, 7) is 3.71. The molecule has 160 valence electrons. The van der Waals surface area contributed by atoms with Crippen molar-refractivity contribution in [3.8, 4) is 5.75 Å². The van der Waals surface area contributed by atoms with Gasteiger partial charge >= 0.3 is 11.9 Å². The summed E-state index contributed by atoms with van der Waals surface area (Å²) in [6.07, 6.45) is 1.60. The predicted molar refractivity (Wildman–Crippen MR) is 116 cm³/mol. The second-order valence-corrected chi connectivity index (χ2v) is 6.69. The summed E-state index contributed by atoms with van der Waals surface area (Å²) in [5.41, 5.74) is 2.47. The lowest BCUT2D eigenvalue weighted by Gasteiger charge is -2.18. The third-order valence-corrected chi connectivity index (χ3v) is 4.83. The fourth-order valence-electron chi connectivity index (χ4n) is 3.34. The highest BCUT2D eigenvalue weighted by Gasteiger charge is 2.38. The van der Waals surface area contributed by atoms with Crippen LogP contribution in [0.5, 0.6) is 5.75 Å². The predicted octanol–water partition coefficient (Wildman–Crippen LogP) is 3.75. The number of ether oxygens (including phenoxy) is 3. The van der Waals surface area contributed by atoms with E-state index in [2.05, 4.69) is 0 Å². The highest BCUT2D eigenvalue weighted by Crippen LogP contribution is 2.36. The van der Waals surface area contributed by atoms with Crippen LogP contribution in [-0.4, -0.2) is 38.7 Å². The maximum atomic E-state index is 13.3. The van der Waals surface area contributed by atoms with Crippen LogP contribution in [0.25, 0.3) is 6.08 Å². The largest absolute Gasteiger partial charge is 0.497 e. The Morgan fingerprint density at radius 3 is 2.35 bits per heavy atom. The topological polar surface area (TPSA) is 82.1 Å². The number of carbonyl (C=O) groups excluding carboxylic acids is 3. The van der Waals surface area contributed by atoms with Crippen molar-refractivity contribution in [3.05, 3.63) is 76.5 Å². The van der Waals surface area contributed by atoms with Crippen molar-refractivity contribution in [2.75, 3.05) is 25.7 Å². The quantitative estimate of drug-likeness (QED) is 0.522. The van der Waals surface area contributed by atoms with Crippen LogP contribution in [0.15, 0.2) is 65.4 Å². The van der Waals surface area contributed by atoms with Gasteiger partial charge in [0.05, 0.1) is 43.2 Å². The van der Waals surface area contributed by atoms with E-state index in [0.29, 0.717) is 28.3 Å². The number of hydrogen-bond donors (Lipinski definition) is 0. The van der Waals surface area contributed by atoms with E-state index in [1.54, 1.807) is 75.6 Å². The Kier molecular flexibility index (Phi) is 6.55. The van der Waals surface area contributed by atoms with Crippen LogP contribution >= 0.6 is 0 Å². The van der Waals surface area contributed by atoms with Gasteiger partial charge in [-0.15, -0.1) is 0 Å². The SMILES string of the molecule is CCOC(=O)c1ccc(/C=C2\C(=O)N(c3cccc(OC)c3)C(C)=C2C(=O)OC)cc1. The molecule has 0 bridgehead atoms. The van der Waals surface area contributed by atoms with E-state index in [1.807, 2.05) is 0 Å². The van der Waals surface area contributed by atoms with Crippen LogP contribution in [0.4, 0.5) is 5.69 Å².